The highest BCUT2D eigenvalue weighted by Gasteiger charge is 2.27. The number of benzene rings is 1. The molecule has 1 aliphatic carbocycles. The summed E-state index contributed by atoms with van der Waals surface area (Å²) in [5.74, 6) is 0. The maximum absolute atomic E-state index is 3.56. The van der Waals surface area contributed by atoms with Gasteiger partial charge in [-0.1, -0.05) is 41.1 Å². The van der Waals surface area contributed by atoms with Crippen molar-refractivity contribution in [2.45, 2.75) is 32.2 Å². The second-order valence-electron chi connectivity index (χ2n) is 7.70. The molecule has 1 fully saturated rings. The largest absolute Gasteiger partial charge is 0.371 e. The first kappa shape index (κ1) is 18.6. The normalized spacial score (nSPS) is 16.1. The third-order valence-electron chi connectivity index (χ3n) is 6.02. The van der Waals surface area contributed by atoms with Crippen LogP contribution in [-0.4, -0.2) is 43.1 Å². The summed E-state index contributed by atoms with van der Waals surface area (Å²) in [6.07, 6.45) is 5.69. The monoisotopic (exact) mass is 425 g/mol. The van der Waals surface area contributed by atoms with Gasteiger partial charge in [0.2, 0.25) is 0 Å². The number of piperidine rings is 1. The van der Waals surface area contributed by atoms with E-state index in [9.17, 15) is 0 Å². The molecule has 0 aromatic heterocycles. The summed E-state index contributed by atoms with van der Waals surface area (Å²) in [5.41, 5.74) is 7.97. The minimum atomic E-state index is 0.602. The van der Waals surface area contributed by atoms with Gasteiger partial charge in [-0.05, 0) is 74.3 Å². The number of hydrogen-bond acceptors (Lipinski definition) is 2. The summed E-state index contributed by atoms with van der Waals surface area (Å²) < 4.78 is 1.12. The standard InChI is InChI=1S/C23H28BrN3/c1-4-16-15-25-21-10-9-20(17-5-7-18(24)8-6-17)22(21)23(16)27(3)19-11-13-26(2)14-12-19/h5-10,15,19,25H,4,11-14H2,1-3H3. The van der Waals surface area contributed by atoms with Crippen molar-refractivity contribution in [2.75, 3.05) is 32.1 Å². The van der Waals surface area contributed by atoms with Crippen LogP contribution < -0.4 is 4.90 Å². The first-order chi connectivity index (χ1) is 13.1. The quantitative estimate of drug-likeness (QED) is 0.583. The van der Waals surface area contributed by atoms with E-state index in [2.05, 4.69) is 94.3 Å². The number of H-pyrrole nitrogens is 1. The fourth-order valence-corrected chi connectivity index (χ4v) is 4.62. The summed E-state index contributed by atoms with van der Waals surface area (Å²) in [6, 6.07) is 13.7. The number of aromatic nitrogens is 1. The van der Waals surface area contributed by atoms with Crippen molar-refractivity contribution < 1.29 is 0 Å². The van der Waals surface area contributed by atoms with Gasteiger partial charge in [0.1, 0.15) is 0 Å². The Hall–Kier alpha value is -1.78. The lowest BCUT2D eigenvalue weighted by molar-refractivity contribution is 0.253. The Morgan fingerprint density at radius 2 is 1.81 bits per heavy atom. The van der Waals surface area contributed by atoms with Crippen molar-refractivity contribution in [3.63, 3.8) is 0 Å². The van der Waals surface area contributed by atoms with Crippen LogP contribution in [0.4, 0.5) is 5.69 Å². The average molecular weight is 426 g/mol. The van der Waals surface area contributed by atoms with E-state index in [0.717, 1.165) is 10.9 Å². The van der Waals surface area contributed by atoms with Crippen LogP contribution in [-0.2, 0) is 6.42 Å². The predicted octanol–water partition coefficient (Wildman–Crippen LogP) is 5.64. The molecule has 1 aromatic rings. The first-order valence-corrected chi connectivity index (χ1v) is 10.7. The van der Waals surface area contributed by atoms with E-state index in [1.165, 1.54) is 59.6 Å². The molecule has 2 aliphatic heterocycles. The Morgan fingerprint density at radius 3 is 2.48 bits per heavy atom. The number of anilines is 1. The van der Waals surface area contributed by atoms with Crippen LogP contribution in [0.25, 0.3) is 22.4 Å². The molecule has 3 nitrogen and oxygen atoms in total. The van der Waals surface area contributed by atoms with Crippen LogP contribution >= 0.6 is 15.9 Å². The minimum Gasteiger partial charge on any atom is -0.371 e. The zero-order valence-corrected chi connectivity index (χ0v) is 18.0. The fourth-order valence-electron chi connectivity index (χ4n) is 4.35. The lowest BCUT2D eigenvalue weighted by Gasteiger charge is -2.38. The van der Waals surface area contributed by atoms with E-state index in [1.807, 2.05) is 0 Å². The van der Waals surface area contributed by atoms with Gasteiger partial charge in [0.15, 0.2) is 0 Å². The van der Waals surface area contributed by atoms with Crippen LogP contribution in [0.3, 0.4) is 0 Å². The fraction of sp³-hybridized carbons (Fsp3) is 0.391. The van der Waals surface area contributed by atoms with Gasteiger partial charge >= 0.3 is 0 Å². The molecule has 0 spiro atoms. The molecule has 142 valence electrons. The second-order valence-corrected chi connectivity index (χ2v) is 8.62. The number of aromatic amines is 1. The van der Waals surface area contributed by atoms with Crippen molar-refractivity contribution >= 4 is 21.6 Å². The van der Waals surface area contributed by atoms with Crippen LogP contribution in [0.5, 0.6) is 0 Å². The smallest absolute Gasteiger partial charge is 0.0514 e. The number of nitrogens with zero attached hydrogens (tertiary/aromatic N) is 2. The molecule has 0 bridgehead atoms. The van der Waals surface area contributed by atoms with E-state index in [4.69, 9.17) is 0 Å². The molecule has 4 heteroatoms. The Labute approximate surface area is 170 Å². The first-order valence-electron chi connectivity index (χ1n) is 9.88. The van der Waals surface area contributed by atoms with E-state index in [-0.39, 0.29) is 0 Å². The van der Waals surface area contributed by atoms with Crippen molar-refractivity contribution in [3.05, 3.63) is 52.6 Å². The molecule has 0 radical (unpaired) electrons. The molecule has 0 amide bonds. The van der Waals surface area contributed by atoms with E-state index >= 15 is 0 Å². The maximum atomic E-state index is 3.56. The van der Waals surface area contributed by atoms with Gasteiger partial charge in [-0.2, -0.15) is 0 Å². The van der Waals surface area contributed by atoms with Gasteiger partial charge in [0.25, 0.3) is 0 Å². The van der Waals surface area contributed by atoms with Crippen LogP contribution in [0, 0.1) is 0 Å². The molecule has 3 aliphatic rings. The van der Waals surface area contributed by atoms with Gasteiger partial charge in [0.05, 0.1) is 5.69 Å². The highest BCUT2D eigenvalue weighted by atomic mass is 79.9. The predicted molar refractivity (Wildman–Crippen MR) is 119 cm³/mol. The number of pyridine rings is 1. The molecule has 0 saturated carbocycles. The van der Waals surface area contributed by atoms with Gasteiger partial charge in [-0.3, -0.25) is 0 Å². The van der Waals surface area contributed by atoms with Gasteiger partial charge in [0, 0.05) is 35.0 Å². The lowest BCUT2D eigenvalue weighted by Crippen LogP contribution is -2.42. The summed E-state index contributed by atoms with van der Waals surface area (Å²) in [6.45, 7) is 4.61. The molecule has 2 heterocycles. The van der Waals surface area contributed by atoms with Crippen molar-refractivity contribution in [1.82, 2.24) is 9.88 Å². The van der Waals surface area contributed by atoms with Gasteiger partial charge < -0.3 is 14.8 Å². The van der Waals surface area contributed by atoms with Crippen molar-refractivity contribution in [2.24, 2.45) is 0 Å². The number of aryl methyl sites for hydroxylation is 1. The number of nitrogens with one attached hydrogen (secondary N) is 1. The Morgan fingerprint density at radius 1 is 1.11 bits per heavy atom. The molecule has 4 rings (SSSR count). The topological polar surface area (TPSA) is 22.3 Å². The molecule has 1 aromatic carbocycles. The van der Waals surface area contributed by atoms with Crippen molar-refractivity contribution in [1.29, 1.82) is 0 Å². The van der Waals surface area contributed by atoms with Gasteiger partial charge in [-0.25, -0.2) is 0 Å². The third-order valence-corrected chi connectivity index (χ3v) is 6.55. The molecule has 27 heavy (non-hydrogen) atoms. The average Bonchev–Trinajstić information content (AvgIpc) is 3.12. The van der Waals surface area contributed by atoms with Crippen LogP contribution in [0.2, 0.25) is 0 Å². The zero-order chi connectivity index (χ0) is 19.0. The molecular formula is C23H28BrN3. The summed E-state index contributed by atoms with van der Waals surface area (Å²) in [4.78, 5) is 8.53. The van der Waals surface area contributed by atoms with E-state index < -0.39 is 0 Å². The SMILES string of the molecule is CCc1c[nH]c2ccc(-c3ccc(Br)cc3)c-2c1N(C)C1CCN(C)CC1. The second kappa shape index (κ2) is 7.69. The third kappa shape index (κ3) is 3.53. The zero-order valence-electron chi connectivity index (χ0n) is 16.4. The highest BCUT2D eigenvalue weighted by Crippen LogP contribution is 2.44. The Kier molecular flexibility index (Phi) is 5.29. The number of likely N-dealkylation sites (tertiary alicyclic amines) is 1. The molecule has 0 atom stereocenters. The molecular weight excluding hydrogens is 398 g/mol. The number of halogens is 1. The highest BCUT2D eigenvalue weighted by molar-refractivity contribution is 9.10. The van der Waals surface area contributed by atoms with Crippen molar-refractivity contribution in [3.8, 4) is 22.4 Å². The van der Waals surface area contributed by atoms with Crippen LogP contribution in [0.1, 0.15) is 25.3 Å². The summed E-state index contributed by atoms with van der Waals surface area (Å²) in [5, 5.41) is 0. The summed E-state index contributed by atoms with van der Waals surface area (Å²) >= 11 is 3.56. The minimum absolute atomic E-state index is 0.602. The van der Waals surface area contributed by atoms with E-state index in [0.29, 0.717) is 6.04 Å². The molecule has 0 unspecified atom stereocenters. The van der Waals surface area contributed by atoms with E-state index in [1.54, 1.807) is 0 Å². The maximum Gasteiger partial charge on any atom is 0.0514 e. The Bertz CT molecular complexity index is 875. The number of rotatable bonds is 4. The number of fused-ring (bicyclic) bond motifs is 1. The Balaban J connectivity index is 1.82. The summed E-state index contributed by atoms with van der Waals surface area (Å²) in [7, 11) is 4.52. The molecule has 1 saturated heterocycles. The lowest BCUT2D eigenvalue weighted by atomic mass is 9.95. The number of hydrogen-bond donors (Lipinski definition) is 1. The molecule has 1 N–H and O–H groups in total. The van der Waals surface area contributed by atoms with Crippen LogP contribution in [0.15, 0.2) is 47.1 Å². The van der Waals surface area contributed by atoms with Gasteiger partial charge in [-0.15, -0.1) is 0 Å².